The van der Waals surface area contributed by atoms with Crippen LogP contribution in [0.5, 0.6) is 5.75 Å². The smallest absolute Gasteiger partial charge is 0.272 e. The predicted molar refractivity (Wildman–Crippen MR) is 80.1 cm³/mol. The van der Waals surface area contributed by atoms with Crippen LogP contribution in [0.15, 0.2) is 59.8 Å². The van der Waals surface area contributed by atoms with Gasteiger partial charge in [0.15, 0.2) is 0 Å². The van der Waals surface area contributed by atoms with Crippen LogP contribution in [0.4, 0.5) is 0 Å². The van der Waals surface area contributed by atoms with E-state index >= 15 is 0 Å². The highest BCUT2D eigenvalue weighted by atomic mass is 16.5. The Morgan fingerprint density at radius 3 is 2.38 bits per heavy atom. The number of nitrogens with zero attached hydrogens (tertiary/aromatic N) is 2. The van der Waals surface area contributed by atoms with Crippen LogP contribution in [-0.2, 0) is 0 Å². The number of aromatic nitrogens is 3. The molecular weight excluding hydrogens is 266 g/mol. The van der Waals surface area contributed by atoms with Gasteiger partial charge in [-0.3, -0.25) is 9.78 Å². The molecule has 104 valence electrons. The van der Waals surface area contributed by atoms with E-state index in [0.717, 1.165) is 22.4 Å². The van der Waals surface area contributed by atoms with E-state index in [9.17, 15) is 4.79 Å². The van der Waals surface area contributed by atoms with Crippen LogP contribution in [0.25, 0.3) is 22.3 Å². The van der Waals surface area contributed by atoms with Gasteiger partial charge in [0.1, 0.15) is 5.75 Å². The normalized spacial score (nSPS) is 10.3. The number of methoxy groups -OCH3 is 1. The first kappa shape index (κ1) is 13.1. The SMILES string of the molecule is COc1ccc(-c2c(-c3ccncc3)cn[nH]c2=O)cc1. The maximum atomic E-state index is 12.2. The molecule has 0 saturated carbocycles. The van der Waals surface area contributed by atoms with Crippen LogP contribution in [0.1, 0.15) is 0 Å². The van der Waals surface area contributed by atoms with Crippen molar-refractivity contribution in [3.8, 4) is 28.0 Å². The second-order valence-electron chi connectivity index (χ2n) is 4.45. The van der Waals surface area contributed by atoms with E-state index in [0.29, 0.717) is 5.56 Å². The van der Waals surface area contributed by atoms with Gasteiger partial charge in [-0.25, -0.2) is 5.10 Å². The number of hydrogen-bond donors (Lipinski definition) is 1. The third-order valence-corrected chi connectivity index (χ3v) is 3.23. The first-order valence-electron chi connectivity index (χ1n) is 6.42. The minimum atomic E-state index is -0.227. The van der Waals surface area contributed by atoms with Gasteiger partial charge in [0.25, 0.3) is 5.56 Å². The molecule has 1 N–H and O–H groups in total. The monoisotopic (exact) mass is 279 g/mol. The van der Waals surface area contributed by atoms with Crippen molar-refractivity contribution in [2.24, 2.45) is 0 Å². The van der Waals surface area contributed by atoms with Crippen molar-refractivity contribution < 1.29 is 4.74 Å². The molecule has 3 aromatic rings. The number of hydrogen-bond acceptors (Lipinski definition) is 4. The van der Waals surface area contributed by atoms with Gasteiger partial charge in [-0.1, -0.05) is 12.1 Å². The van der Waals surface area contributed by atoms with Crippen molar-refractivity contribution in [3.05, 3.63) is 65.3 Å². The number of benzene rings is 1. The van der Waals surface area contributed by atoms with E-state index in [1.807, 2.05) is 36.4 Å². The van der Waals surface area contributed by atoms with Crippen molar-refractivity contribution >= 4 is 0 Å². The third-order valence-electron chi connectivity index (χ3n) is 3.23. The number of rotatable bonds is 3. The van der Waals surface area contributed by atoms with Crippen LogP contribution in [-0.4, -0.2) is 22.3 Å². The number of ether oxygens (including phenoxy) is 1. The average Bonchev–Trinajstić information content (AvgIpc) is 2.55. The molecule has 0 saturated heterocycles. The number of aromatic amines is 1. The van der Waals surface area contributed by atoms with Gasteiger partial charge in [-0.15, -0.1) is 0 Å². The van der Waals surface area contributed by atoms with Crippen molar-refractivity contribution in [3.63, 3.8) is 0 Å². The molecule has 0 spiro atoms. The van der Waals surface area contributed by atoms with Crippen LogP contribution in [0.2, 0.25) is 0 Å². The maximum absolute atomic E-state index is 12.2. The molecular formula is C16H13N3O2. The van der Waals surface area contributed by atoms with Crippen LogP contribution >= 0.6 is 0 Å². The van der Waals surface area contributed by atoms with E-state index in [1.54, 1.807) is 25.7 Å². The second-order valence-corrected chi connectivity index (χ2v) is 4.45. The summed E-state index contributed by atoms with van der Waals surface area (Å²) in [6.07, 6.45) is 5.03. The molecule has 0 amide bonds. The third kappa shape index (κ3) is 2.53. The van der Waals surface area contributed by atoms with E-state index in [2.05, 4.69) is 15.2 Å². The number of H-pyrrole nitrogens is 1. The van der Waals surface area contributed by atoms with Crippen LogP contribution in [0.3, 0.4) is 0 Å². The lowest BCUT2D eigenvalue weighted by Crippen LogP contribution is -2.11. The molecule has 2 heterocycles. The highest BCUT2D eigenvalue weighted by Gasteiger charge is 2.12. The summed E-state index contributed by atoms with van der Waals surface area (Å²) in [5, 5.41) is 6.38. The summed E-state index contributed by atoms with van der Waals surface area (Å²) in [4.78, 5) is 16.2. The van der Waals surface area contributed by atoms with E-state index < -0.39 is 0 Å². The summed E-state index contributed by atoms with van der Waals surface area (Å²) in [6.45, 7) is 0. The quantitative estimate of drug-likeness (QED) is 0.800. The molecule has 0 aliphatic rings. The average molecular weight is 279 g/mol. The van der Waals surface area contributed by atoms with Crippen LogP contribution in [0, 0.1) is 0 Å². The fraction of sp³-hybridized carbons (Fsp3) is 0.0625. The number of pyridine rings is 1. The second kappa shape index (κ2) is 5.58. The Kier molecular flexibility index (Phi) is 3.47. The fourth-order valence-corrected chi connectivity index (χ4v) is 2.19. The zero-order chi connectivity index (χ0) is 14.7. The summed E-state index contributed by atoms with van der Waals surface area (Å²) < 4.78 is 5.14. The summed E-state index contributed by atoms with van der Waals surface area (Å²) in [5.74, 6) is 0.745. The molecule has 5 heteroatoms. The van der Waals surface area contributed by atoms with Gasteiger partial charge in [0, 0.05) is 18.0 Å². The Bertz CT molecular complexity index is 796. The predicted octanol–water partition coefficient (Wildman–Crippen LogP) is 2.51. The molecule has 0 fully saturated rings. The summed E-state index contributed by atoms with van der Waals surface area (Å²) in [7, 11) is 1.61. The van der Waals surface area contributed by atoms with Crippen molar-refractivity contribution in [1.82, 2.24) is 15.2 Å². The standard InChI is InChI=1S/C16H13N3O2/c1-21-13-4-2-12(3-5-13)15-14(10-18-19-16(15)20)11-6-8-17-9-7-11/h2-10H,1H3,(H,19,20). The Balaban J connectivity index is 2.19. The lowest BCUT2D eigenvalue weighted by atomic mass is 9.98. The first-order valence-corrected chi connectivity index (χ1v) is 6.42. The van der Waals surface area contributed by atoms with Gasteiger partial charge >= 0.3 is 0 Å². The first-order chi connectivity index (χ1) is 10.3. The topological polar surface area (TPSA) is 67.9 Å². The molecule has 5 nitrogen and oxygen atoms in total. The zero-order valence-corrected chi connectivity index (χ0v) is 11.4. The van der Waals surface area contributed by atoms with Crippen molar-refractivity contribution in [1.29, 1.82) is 0 Å². The zero-order valence-electron chi connectivity index (χ0n) is 11.4. The molecule has 0 aliphatic heterocycles. The molecule has 0 atom stereocenters. The largest absolute Gasteiger partial charge is 0.497 e. The maximum Gasteiger partial charge on any atom is 0.272 e. The summed E-state index contributed by atoms with van der Waals surface area (Å²) in [6, 6.07) is 11.1. The lowest BCUT2D eigenvalue weighted by Gasteiger charge is -2.08. The van der Waals surface area contributed by atoms with Gasteiger partial charge in [-0.2, -0.15) is 5.10 Å². The molecule has 0 aliphatic carbocycles. The molecule has 0 unspecified atom stereocenters. The Morgan fingerprint density at radius 2 is 1.71 bits per heavy atom. The van der Waals surface area contributed by atoms with E-state index in [1.165, 1.54) is 0 Å². The van der Waals surface area contributed by atoms with E-state index in [-0.39, 0.29) is 5.56 Å². The van der Waals surface area contributed by atoms with Crippen molar-refractivity contribution in [2.75, 3.05) is 7.11 Å². The molecule has 21 heavy (non-hydrogen) atoms. The molecule has 0 bridgehead atoms. The lowest BCUT2D eigenvalue weighted by molar-refractivity contribution is 0.415. The minimum absolute atomic E-state index is 0.227. The van der Waals surface area contributed by atoms with Crippen molar-refractivity contribution in [2.45, 2.75) is 0 Å². The molecule has 3 rings (SSSR count). The Hall–Kier alpha value is -2.95. The highest BCUT2D eigenvalue weighted by molar-refractivity contribution is 5.82. The Labute approximate surface area is 121 Å². The highest BCUT2D eigenvalue weighted by Crippen LogP contribution is 2.28. The summed E-state index contributed by atoms with van der Waals surface area (Å²) in [5.41, 5.74) is 2.83. The Morgan fingerprint density at radius 1 is 1.00 bits per heavy atom. The van der Waals surface area contributed by atoms with Gasteiger partial charge in [0.05, 0.1) is 18.9 Å². The number of nitrogens with one attached hydrogen (secondary N) is 1. The minimum Gasteiger partial charge on any atom is -0.497 e. The fourth-order valence-electron chi connectivity index (χ4n) is 2.19. The van der Waals surface area contributed by atoms with Gasteiger partial charge in [-0.05, 0) is 35.4 Å². The van der Waals surface area contributed by atoms with Crippen LogP contribution < -0.4 is 10.3 Å². The molecule has 2 aromatic heterocycles. The van der Waals surface area contributed by atoms with Gasteiger partial charge < -0.3 is 4.74 Å². The molecule has 1 aromatic carbocycles. The summed E-state index contributed by atoms with van der Waals surface area (Å²) >= 11 is 0. The van der Waals surface area contributed by atoms with Gasteiger partial charge in [0.2, 0.25) is 0 Å². The van der Waals surface area contributed by atoms with E-state index in [4.69, 9.17) is 4.74 Å². The molecule has 0 radical (unpaired) electrons.